The second-order valence-electron chi connectivity index (χ2n) is 7.61. The molecule has 1 fully saturated rings. The third kappa shape index (κ3) is 4.93. The Bertz CT molecular complexity index is 697. The molecule has 0 heterocycles. The Labute approximate surface area is 173 Å². The Morgan fingerprint density at radius 3 is 1.96 bits per heavy atom. The van der Waals surface area contributed by atoms with Crippen LogP contribution in [0.3, 0.4) is 0 Å². The number of carbonyl (C=O) groups is 1. The lowest BCUT2D eigenvalue weighted by Gasteiger charge is -2.31. The molecule has 1 aliphatic carbocycles. The Balaban J connectivity index is 0.00000280. The summed E-state index contributed by atoms with van der Waals surface area (Å²) in [6, 6.07) is 18.5. The molecule has 0 amide bonds. The number of halogens is 1. The Morgan fingerprint density at radius 2 is 1.46 bits per heavy atom. The van der Waals surface area contributed by atoms with Gasteiger partial charge in [0.25, 0.3) is 0 Å². The van der Waals surface area contributed by atoms with Crippen molar-refractivity contribution in [3.8, 4) is 0 Å². The van der Waals surface area contributed by atoms with Crippen molar-refractivity contribution >= 4 is 18.4 Å². The van der Waals surface area contributed by atoms with Crippen LogP contribution in [-0.4, -0.2) is 42.2 Å². The molecular weight excluding hydrogens is 374 g/mol. The van der Waals surface area contributed by atoms with Gasteiger partial charge in [-0.1, -0.05) is 67.1 Å². The average molecular weight is 404 g/mol. The maximum absolute atomic E-state index is 13.2. The van der Waals surface area contributed by atoms with Gasteiger partial charge in [-0.15, -0.1) is 12.4 Å². The van der Waals surface area contributed by atoms with Crippen molar-refractivity contribution < 1.29 is 14.6 Å². The number of ether oxygens (including phenoxy) is 1. The summed E-state index contributed by atoms with van der Waals surface area (Å²) in [7, 11) is 4.14. The first kappa shape index (κ1) is 22.4. The van der Waals surface area contributed by atoms with Crippen LogP contribution < -0.4 is 0 Å². The number of rotatable bonds is 5. The van der Waals surface area contributed by atoms with Crippen molar-refractivity contribution in [1.82, 2.24) is 4.90 Å². The topological polar surface area (TPSA) is 49.8 Å². The molecule has 28 heavy (non-hydrogen) atoms. The van der Waals surface area contributed by atoms with E-state index in [2.05, 4.69) is 19.0 Å². The van der Waals surface area contributed by atoms with Crippen molar-refractivity contribution in [1.29, 1.82) is 0 Å². The van der Waals surface area contributed by atoms with Crippen LogP contribution in [0.5, 0.6) is 0 Å². The van der Waals surface area contributed by atoms with E-state index in [0.717, 1.165) is 32.1 Å². The van der Waals surface area contributed by atoms with Gasteiger partial charge in [-0.25, -0.2) is 4.79 Å². The molecule has 1 N–H and O–H groups in total. The number of aliphatic hydroxyl groups is 1. The van der Waals surface area contributed by atoms with Crippen LogP contribution in [0.25, 0.3) is 0 Å². The van der Waals surface area contributed by atoms with Crippen LogP contribution in [0.1, 0.15) is 43.2 Å². The highest BCUT2D eigenvalue weighted by molar-refractivity contribution is 5.86. The molecule has 2 aromatic carbocycles. The molecule has 1 saturated carbocycles. The zero-order valence-corrected chi connectivity index (χ0v) is 17.4. The summed E-state index contributed by atoms with van der Waals surface area (Å²) >= 11 is 0. The minimum Gasteiger partial charge on any atom is -0.460 e. The molecule has 1 aliphatic rings. The second-order valence-corrected chi connectivity index (χ2v) is 7.61. The van der Waals surface area contributed by atoms with Crippen LogP contribution >= 0.6 is 12.4 Å². The van der Waals surface area contributed by atoms with Gasteiger partial charge < -0.3 is 14.7 Å². The summed E-state index contributed by atoms with van der Waals surface area (Å²) in [4.78, 5) is 15.4. The summed E-state index contributed by atoms with van der Waals surface area (Å²) in [5, 5.41) is 11.5. The molecule has 2 unspecified atom stereocenters. The fourth-order valence-electron chi connectivity index (χ4n) is 3.86. The first-order valence-corrected chi connectivity index (χ1v) is 9.72. The molecule has 5 heteroatoms. The molecule has 0 saturated heterocycles. The molecule has 3 rings (SSSR count). The molecule has 0 aliphatic heterocycles. The molecule has 0 aromatic heterocycles. The van der Waals surface area contributed by atoms with Crippen LogP contribution in [-0.2, 0) is 15.1 Å². The normalized spacial score (nSPS) is 20.1. The van der Waals surface area contributed by atoms with E-state index in [0.29, 0.717) is 17.2 Å². The lowest BCUT2D eigenvalue weighted by atomic mass is 9.86. The maximum Gasteiger partial charge on any atom is 0.347 e. The van der Waals surface area contributed by atoms with Gasteiger partial charge in [0.1, 0.15) is 6.10 Å². The monoisotopic (exact) mass is 403 g/mol. The van der Waals surface area contributed by atoms with Crippen LogP contribution in [0.15, 0.2) is 60.7 Å². The number of nitrogens with zero attached hydrogens (tertiary/aromatic N) is 1. The summed E-state index contributed by atoms with van der Waals surface area (Å²) < 4.78 is 5.91. The van der Waals surface area contributed by atoms with Crippen molar-refractivity contribution in [3.63, 3.8) is 0 Å². The van der Waals surface area contributed by atoms with Gasteiger partial charge in [0.2, 0.25) is 5.60 Å². The zero-order chi connectivity index (χ0) is 19.3. The molecule has 152 valence electrons. The van der Waals surface area contributed by atoms with Gasteiger partial charge in [0.15, 0.2) is 0 Å². The molecule has 0 bridgehead atoms. The molecule has 0 radical (unpaired) electrons. The van der Waals surface area contributed by atoms with E-state index in [-0.39, 0.29) is 18.5 Å². The molecular formula is C23H30ClNO3. The summed E-state index contributed by atoms with van der Waals surface area (Å²) in [5.41, 5.74) is -0.749. The number of esters is 1. The first-order chi connectivity index (χ1) is 13.0. The SMILES string of the molecule is CN(C)C1CCCCC(OC(=O)C(O)(c2ccccc2)c2ccccc2)C1.Cl. The second kappa shape index (κ2) is 10.1. The minimum absolute atomic E-state index is 0. The zero-order valence-electron chi connectivity index (χ0n) is 16.6. The number of carbonyl (C=O) groups excluding carboxylic acids is 1. The van der Waals surface area contributed by atoms with Crippen LogP contribution in [0.4, 0.5) is 0 Å². The lowest BCUT2D eigenvalue weighted by Crippen LogP contribution is -2.41. The number of benzene rings is 2. The number of hydrogen-bond donors (Lipinski definition) is 1. The third-order valence-electron chi connectivity index (χ3n) is 5.53. The van der Waals surface area contributed by atoms with Gasteiger partial charge in [-0.2, -0.15) is 0 Å². The average Bonchev–Trinajstić information content (AvgIpc) is 2.94. The van der Waals surface area contributed by atoms with E-state index < -0.39 is 11.6 Å². The van der Waals surface area contributed by atoms with Crippen molar-refractivity contribution in [2.45, 2.75) is 49.9 Å². The Morgan fingerprint density at radius 1 is 0.964 bits per heavy atom. The van der Waals surface area contributed by atoms with Gasteiger partial charge in [0.05, 0.1) is 0 Å². The van der Waals surface area contributed by atoms with Crippen molar-refractivity contribution in [2.75, 3.05) is 14.1 Å². The van der Waals surface area contributed by atoms with E-state index in [9.17, 15) is 9.90 Å². The fourth-order valence-corrected chi connectivity index (χ4v) is 3.86. The van der Waals surface area contributed by atoms with Gasteiger partial charge in [-0.05, 0) is 50.9 Å². The molecule has 4 nitrogen and oxygen atoms in total. The minimum atomic E-state index is -1.80. The summed E-state index contributed by atoms with van der Waals surface area (Å²) in [5.74, 6) is -0.593. The van der Waals surface area contributed by atoms with E-state index in [1.54, 1.807) is 24.3 Å². The number of hydrogen-bond acceptors (Lipinski definition) is 4. The lowest BCUT2D eigenvalue weighted by molar-refractivity contribution is -0.169. The Hall–Kier alpha value is -1.88. The predicted molar refractivity (Wildman–Crippen MR) is 114 cm³/mol. The van der Waals surface area contributed by atoms with E-state index in [1.807, 2.05) is 36.4 Å². The van der Waals surface area contributed by atoms with E-state index >= 15 is 0 Å². The highest BCUT2D eigenvalue weighted by Crippen LogP contribution is 2.33. The smallest absolute Gasteiger partial charge is 0.347 e. The van der Waals surface area contributed by atoms with Crippen molar-refractivity contribution in [3.05, 3.63) is 71.8 Å². The molecule has 2 atom stereocenters. The van der Waals surface area contributed by atoms with Gasteiger partial charge >= 0.3 is 5.97 Å². The van der Waals surface area contributed by atoms with Crippen LogP contribution in [0.2, 0.25) is 0 Å². The van der Waals surface area contributed by atoms with Crippen LogP contribution in [0, 0.1) is 0 Å². The first-order valence-electron chi connectivity index (χ1n) is 9.72. The standard InChI is InChI=1S/C23H29NO3.ClH/c1-24(2)20-15-9-10-16-21(17-20)27-22(25)23(26,18-11-5-3-6-12-18)19-13-7-4-8-14-19;/h3-8,11-14,20-21,26H,9-10,15-17H2,1-2H3;1H. The van der Waals surface area contributed by atoms with Crippen molar-refractivity contribution in [2.24, 2.45) is 0 Å². The fraction of sp³-hybridized carbons (Fsp3) is 0.435. The molecule has 2 aromatic rings. The third-order valence-corrected chi connectivity index (χ3v) is 5.53. The predicted octanol–water partition coefficient (Wildman–Crippen LogP) is 4.15. The summed E-state index contributed by atoms with van der Waals surface area (Å²) in [6.07, 6.45) is 4.76. The van der Waals surface area contributed by atoms with E-state index in [4.69, 9.17) is 4.74 Å². The largest absolute Gasteiger partial charge is 0.460 e. The van der Waals surface area contributed by atoms with E-state index in [1.165, 1.54) is 0 Å². The summed E-state index contributed by atoms with van der Waals surface area (Å²) in [6.45, 7) is 0. The van der Waals surface area contributed by atoms with Gasteiger partial charge in [-0.3, -0.25) is 0 Å². The molecule has 0 spiro atoms. The maximum atomic E-state index is 13.2. The highest BCUT2D eigenvalue weighted by Gasteiger charge is 2.43. The van der Waals surface area contributed by atoms with Gasteiger partial charge in [0, 0.05) is 6.04 Å². The quantitative estimate of drug-likeness (QED) is 0.601. The highest BCUT2D eigenvalue weighted by atomic mass is 35.5. The Kier molecular flexibility index (Phi) is 8.05.